The lowest BCUT2D eigenvalue weighted by Gasteiger charge is -2.45. The number of fused-ring (bicyclic) bond motifs is 3. The average molecular weight is 445 g/mol. The molecule has 2 unspecified atom stereocenters. The second kappa shape index (κ2) is 6.81. The summed E-state index contributed by atoms with van der Waals surface area (Å²) in [6.07, 6.45) is 0.503. The van der Waals surface area contributed by atoms with E-state index in [4.69, 9.17) is 36.1 Å². The van der Waals surface area contributed by atoms with E-state index >= 15 is 0 Å². The van der Waals surface area contributed by atoms with Crippen molar-refractivity contribution in [3.63, 3.8) is 0 Å². The lowest BCUT2D eigenvalue weighted by Crippen LogP contribution is -2.56. The fraction of sp³-hybridized carbons (Fsp3) is 0.688. The second-order valence-corrected chi connectivity index (χ2v) is 10.8. The highest BCUT2D eigenvalue weighted by Crippen LogP contribution is 2.57. The SMILES string of the molecule is CC[C@]12CC(C)(C)O[C@@H](C1OP(O)(=S)OC)[C@H](n1cnc3c(=O)[nH]c(N)nc31)O2. The summed E-state index contributed by atoms with van der Waals surface area (Å²) in [6.45, 7) is 2.41. The molecule has 0 aromatic carbocycles. The van der Waals surface area contributed by atoms with Gasteiger partial charge in [0.2, 0.25) is 5.95 Å². The summed E-state index contributed by atoms with van der Waals surface area (Å²) in [5.74, 6) is -0.0327. The van der Waals surface area contributed by atoms with Gasteiger partial charge in [-0.1, -0.05) is 6.92 Å². The van der Waals surface area contributed by atoms with Gasteiger partial charge >= 0.3 is 6.72 Å². The number of rotatable bonds is 5. The number of ether oxygens (including phenoxy) is 2. The first-order chi connectivity index (χ1) is 13.5. The first-order valence-corrected chi connectivity index (χ1v) is 11.7. The molecule has 2 aliphatic heterocycles. The summed E-state index contributed by atoms with van der Waals surface area (Å²) >= 11 is 5.08. The maximum Gasteiger partial charge on any atom is 0.324 e. The number of hydrogen-bond donors (Lipinski definition) is 3. The minimum Gasteiger partial charge on any atom is -0.369 e. The van der Waals surface area contributed by atoms with E-state index in [2.05, 4.69) is 15.0 Å². The number of anilines is 1. The molecule has 2 aromatic heterocycles. The molecule has 2 bridgehead atoms. The molecular formula is C16H24N5O6PS. The Bertz CT molecular complexity index is 1060. The maximum absolute atomic E-state index is 12.2. The van der Waals surface area contributed by atoms with Crippen LogP contribution in [0.4, 0.5) is 5.95 Å². The van der Waals surface area contributed by atoms with Crippen molar-refractivity contribution in [2.45, 2.75) is 63.3 Å². The van der Waals surface area contributed by atoms with E-state index < -0.39 is 41.9 Å². The number of aromatic nitrogens is 4. The Kier molecular flexibility index (Phi) is 4.90. The van der Waals surface area contributed by atoms with Crippen LogP contribution >= 0.6 is 6.72 Å². The van der Waals surface area contributed by atoms with Crippen LogP contribution in [0.1, 0.15) is 39.8 Å². The highest BCUT2D eigenvalue weighted by molar-refractivity contribution is 8.07. The van der Waals surface area contributed by atoms with E-state index in [1.165, 1.54) is 13.4 Å². The molecule has 2 saturated heterocycles. The van der Waals surface area contributed by atoms with E-state index in [0.29, 0.717) is 12.8 Å². The number of aromatic amines is 1. The average Bonchev–Trinajstić information content (AvgIpc) is 3.11. The molecule has 13 heteroatoms. The molecule has 2 aromatic rings. The largest absolute Gasteiger partial charge is 0.369 e. The lowest BCUT2D eigenvalue weighted by atomic mass is 9.79. The van der Waals surface area contributed by atoms with Crippen molar-refractivity contribution < 1.29 is 23.4 Å². The van der Waals surface area contributed by atoms with Crippen LogP contribution in [0.5, 0.6) is 0 Å². The van der Waals surface area contributed by atoms with E-state index in [9.17, 15) is 9.69 Å². The van der Waals surface area contributed by atoms with Gasteiger partial charge in [-0.15, -0.1) is 0 Å². The number of H-pyrrole nitrogens is 1. The zero-order valence-corrected chi connectivity index (χ0v) is 18.2. The molecule has 5 atom stereocenters. The zero-order valence-electron chi connectivity index (χ0n) is 16.5. The van der Waals surface area contributed by atoms with Gasteiger partial charge in [0.15, 0.2) is 17.4 Å². The first-order valence-electron chi connectivity index (χ1n) is 9.16. The van der Waals surface area contributed by atoms with E-state index in [-0.39, 0.29) is 17.1 Å². The van der Waals surface area contributed by atoms with Crippen molar-refractivity contribution in [1.82, 2.24) is 19.5 Å². The van der Waals surface area contributed by atoms with Crippen molar-refractivity contribution >= 4 is 35.6 Å². The van der Waals surface area contributed by atoms with E-state index in [1.807, 2.05) is 20.8 Å². The topological polar surface area (TPSA) is 147 Å². The highest BCUT2D eigenvalue weighted by atomic mass is 32.5. The molecule has 11 nitrogen and oxygen atoms in total. The smallest absolute Gasteiger partial charge is 0.324 e. The molecule has 4 rings (SSSR count). The summed E-state index contributed by atoms with van der Waals surface area (Å²) in [6, 6.07) is 0. The van der Waals surface area contributed by atoms with Gasteiger partial charge < -0.3 is 24.6 Å². The van der Waals surface area contributed by atoms with Crippen molar-refractivity contribution in [3.05, 3.63) is 16.7 Å². The Hall–Kier alpha value is -1.40. The van der Waals surface area contributed by atoms with Crippen LogP contribution in [-0.4, -0.2) is 54.9 Å². The van der Waals surface area contributed by atoms with Crippen LogP contribution in [0.15, 0.2) is 11.1 Å². The lowest BCUT2D eigenvalue weighted by molar-refractivity contribution is -0.177. The minimum atomic E-state index is -3.48. The Morgan fingerprint density at radius 2 is 2.24 bits per heavy atom. The van der Waals surface area contributed by atoms with Gasteiger partial charge in [-0.05, 0) is 32.1 Å². The molecule has 0 amide bonds. The molecule has 0 saturated carbocycles. The fourth-order valence-corrected chi connectivity index (χ4v) is 5.28. The predicted molar refractivity (Wildman–Crippen MR) is 108 cm³/mol. The molecule has 0 radical (unpaired) electrons. The van der Waals surface area contributed by atoms with Crippen LogP contribution in [0.3, 0.4) is 0 Å². The van der Waals surface area contributed by atoms with Gasteiger partial charge in [-0.2, -0.15) is 4.98 Å². The Morgan fingerprint density at radius 1 is 1.52 bits per heavy atom. The van der Waals surface area contributed by atoms with Crippen molar-refractivity contribution in [2.75, 3.05) is 12.8 Å². The van der Waals surface area contributed by atoms with E-state index in [0.717, 1.165) is 0 Å². The Balaban J connectivity index is 1.84. The van der Waals surface area contributed by atoms with Crippen molar-refractivity contribution in [3.8, 4) is 0 Å². The zero-order chi connectivity index (χ0) is 21.2. The van der Waals surface area contributed by atoms with Gasteiger partial charge in [-0.25, -0.2) is 4.98 Å². The number of imidazole rings is 1. The molecular weight excluding hydrogens is 421 g/mol. The third-order valence-electron chi connectivity index (χ3n) is 5.43. The van der Waals surface area contributed by atoms with Gasteiger partial charge in [0.1, 0.15) is 17.8 Å². The molecule has 160 valence electrons. The molecule has 29 heavy (non-hydrogen) atoms. The second-order valence-electron chi connectivity index (χ2n) is 7.90. The normalized spacial score (nSPS) is 33.1. The van der Waals surface area contributed by atoms with Crippen LogP contribution in [0, 0.1) is 0 Å². The summed E-state index contributed by atoms with van der Waals surface area (Å²) in [5.41, 5.74) is 4.38. The number of nitrogen functional groups attached to an aromatic ring is 1. The van der Waals surface area contributed by atoms with Crippen molar-refractivity contribution in [2.24, 2.45) is 0 Å². The number of nitrogens with zero attached hydrogens (tertiary/aromatic N) is 3. The van der Waals surface area contributed by atoms with Gasteiger partial charge in [0.25, 0.3) is 5.56 Å². The highest BCUT2D eigenvalue weighted by Gasteiger charge is 2.64. The molecule has 0 aliphatic carbocycles. The van der Waals surface area contributed by atoms with Crippen LogP contribution < -0.4 is 11.3 Å². The van der Waals surface area contributed by atoms with Gasteiger partial charge in [0.05, 0.1) is 11.9 Å². The summed E-state index contributed by atoms with van der Waals surface area (Å²) in [4.78, 5) is 33.3. The Morgan fingerprint density at radius 3 is 2.90 bits per heavy atom. The maximum atomic E-state index is 12.2. The van der Waals surface area contributed by atoms with Crippen LogP contribution in [0.2, 0.25) is 0 Å². The predicted octanol–water partition coefficient (Wildman–Crippen LogP) is 1.20. The number of hydrogen-bond acceptors (Lipinski definition) is 9. The standard InChI is InChI=1S/C16H24N5O6PS/c1-5-16-6-15(2,3)25-9(10(16)27-28(23,29)24-4)13(26-16)21-7-18-8-11(21)19-14(17)20-12(8)22/h7,9-10,13H,5-6H2,1-4H3,(H,23,29)(H3,17,19,20,22)/t9-,10?,13+,16-,28?/m0/s1. The first kappa shape index (κ1) is 20.9. The third-order valence-corrected chi connectivity index (χ3v) is 7.09. The van der Waals surface area contributed by atoms with Gasteiger partial charge in [-0.3, -0.25) is 18.9 Å². The molecule has 4 heterocycles. The van der Waals surface area contributed by atoms with Gasteiger partial charge in [0, 0.05) is 13.5 Å². The molecule has 4 N–H and O–H groups in total. The monoisotopic (exact) mass is 445 g/mol. The molecule has 2 aliphatic rings. The van der Waals surface area contributed by atoms with Crippen molar-refractivity contribution in [1.29, 1.82) is 0 Å². The summed E-state index contributed by atoms with van der Waals surface area (Å²) in [5, 5.41) is 0. The Labute approximate surface area is 171 Å². The quantitative estimate of drug-likeness (QED) is 0.574. The minimum absolute atomic E-state index is 0.0327. The number of nitrogens with one attached hydrogen (secondary N) is 1. The number of nitrogens with two attached hydrogens (primary N) is 1. The summed E-state index contributed by atoms with van der Waals surface area (Å²) in [7, 11) is 1.30. The third kappa shape index (κ3) is 3.42. The van der Waals surface area contributed by atoms with Crippen LogP contribution in [-0.2, 0) is 30.3 Å². The van der Waals surface area contributed by atoms with E-state index in [1.54, 1.807) is 4.57 Å². The fourth-order valence-electron chi connectivity index (χ4n) is 4.31. The molecule has 2 fully saturated rings. The van der Waals surface area contributed by atoms with Crippen LogP contribution in [0.25, 0.3) is 11.2 Å². The molecule has 0 spiro atoms. The summed E-state index contributed by atoms with van der Waals surface area (Å²) < 4.78 is 25.2.